The number of hydrogen-bond acceptors (Lipinski definition) is 3. The lowest BCUT2D eigenvalue weighted by Gasteiger charge is -2.32. The molecule has 17 heavy (non-hydrogen) atoms. The minimum absolute atomic E-state index is 0.552. The van der Waals surface area contributed by atoms with E-state index < -0.39 is 0 Å². The first-order valence-corrected chi connectivity index (χ1v) is 6.55. The van der Waals surface area contributed by atoms with Crippen LogP contribution >= 0.6 is 0 Å². The number of pyridine rings is 1. The second-order valence-electron chi connectivity index (χ2n) is 5.54. The molecule has 3 nitrogen and oxygen atoms in total. The van der Waals surface area contributed by atoms with E-state index in [0.29, 0.717) is 6.04 Å². The van der Waals surface area contributed by atoms with Crippen LogP contribution in [0, 0.1) is 18.8 Å². The van der Waals surface area contributed by atoms with Crippen LogP contribution in [0.3, 0.4) is 0 Å². The number of hydrogen-bond donors (Lipinski definition) is 2. The number of nitrogens with two attached hydrogens (primary N) is 1. The number of nitrogen functional groups attached to an aromatic ring is 1. The molecule has 3 N–H and O–H groups in total. The zero-order valence-corrected chi connectivity index (χ0v) is 11.0. The minimum Gasteiger partial charge on any atom is -0.398 e. The summed E-state index contributed by atoms with van der Waals surface area (Å²) in [4.78, 5) is 4.39. The average Bonchev–Trinajstić information content (AvgIpc) is 2.29. The van der Waals surface area contributed by atoms with Gasteiger partial charge < -0.3 is 11.1 Å². The van der Waals surface area contributed by atoms with E-state index in [1.807, 2.05) is 19.2 Å². The third-order valence-corrected chi connectivity index (χ3v) is 4.10. The molecule has 1 aromatic heterocycles. The molecule has 1 heterocycles. The Morgan fingerprint density at radius 1 is 1.29 bits per heavy atom. The fraction of sp³-hybridized carbons (Fsp3) is 0.643. The summed E-state index contributed by atoms with van der Waals surface area (Å²) in [5.74, 6) is 2.56. The van der Waals surface area contributed by atoms with Gasteiger partial charge in [-0.3, -0.25) is 0 Å². The van der Waals surface area contributed by atoms with Gasteiger partial charge in [0.2, 0.25) is 0 Å². The van der Waals surface area contributed by atoms with Crippen molar-refractivity contribution >= 4 is 11.5 Å². The standard InChI is InChI=1S/C14H23N3/c1-9-4-5-12(6-10(9)2)17-14-7-13(15)11(3)8-16-14/h7-10,12H,4-6H2,1-3H3,(H3,15,16,17). The predicted molar refractivity (Wildman–Crippen MR) is 73.0 cm³/mol. The molecule has 94 valence electrons. The van der Waals surface area contributed by atoms with Gasteiger partial charge in [-0.25, -0.2) is 4.98 Å². The zero-order chi connectivity index (χ0) is 12.4. The van der Waals surface area contributed by atoms with Crippen LogP contribution < -0.4 is 11.1 Å². The summed E-state index contributed by atoms with van der Waals surface area (Å²) < 4.78 is 0. The van der Waals surface area contributed by atoms with Gasteiger partial charge in [0.1, 0.15) is 5.82 Å². The van der Waals surface area contributed by atoms with E-state index in [1.165, 1.54) is 19.3 Å². The number of nitrogens with one attached hydrogen (secondary N) is 1. The molecular formula is C14H23N3. The Morgan fingerprint density at radius 3 is 2.71 bits per heavy atom. The van der Waals surface area contributed by atoms with E-state index in [2.05, 4.69) is 24.1 Å². The molecule has 0 amide bonds. The van der Waals surface area contributed by atoms with Gasteiger partial charge in [-0.15, -0.1) is 0 Å². The first kappa shape index (κ1) is 12.2. The minimum atomic E-state index is 0.552. The zero-order valence-electron chi connectivity index (χ0n) is 11.0. The highest BCUT2D eigenvalue weighted by atomic mass is 15.0. The van der Waals surface area contributed by atoms with Crippen LogP contribution in [0.2, 0.25) is 0 Å². The van der Waals surface area contributed by atoms with Gasteiger partial charge in [-0.05, 0) is 43.6 Å². The van der Waals surface area contributed by atoms with Crippen molar-refractivity contribution in [2.45, 2.75) is 46.1 Å². The Hall–Kier alpha value is -1.25. The number of aromatic nitrogens is 1. The summed E-state index contributed by atoms with van der Waals surface area (Å²) in [5.41, 5.74) is 7.76. The smallest absolute Gasteiger partial charge is 0.128 e. The molecule has 3 atom stereocenters. The van der Waals surface area contributed by atoms with Crippen LogP contribution in [0.5, 0.6) is 0 Å². The van der Waals surface area contributed by atoms with Gasteiger partial charge in [-0.1, -0.05) is 13.8 Å². The SMILES string of the molecule is Cc1cnc(NC2CCC(C)C(C)C2)cc1N. The lowest BCUT2D eigenvalue weighted by molar-refractivity contribution is 0.260. The van der Waals surface area contributed by atoms with Gasteiger partial charge in [0.25, 0.3) is 0 Å². The lowest BCUT2D eigenvalue weighted by Crippen LogP contribution is -2.30. The molecule has 1 aliphatic rings. The number of nitrogens with zero attached hydrogens (tertiary/aromatic N) is 1. The third kappa shape index (κ3) is 2.90. The van der Waals surface area contributed by atoms with Gasteiger partial charge in [0, 0.05) is 24.0 Å². The van der Waals surface area contributed by atoms with Gasteiger partial charge in [-0.2, -0.15) is 0 Å². The van der Waals surface area contributed by atoms with Gasteiger partial charge >= 0.3 is 0 Å². The van der Waals surface area contributed by atoms with E-state index in [-0.39, 0.29) is 0 Å². The monoisotopic (exact) mass is 233 g/mol. The van der Waals surface area contributed by atoms with Crippen LogP contribution in [-0.2, 0) is 0 Å². The van der Waals surface area contributed by atoms with Crippen molar-refractivity contribution in [3.05, 3.63) is 17.8 Å². The molecule has 0 bridgehead atoms. The molecule has 0 saturated heterocycles. The van der Waals surface area contributed by atoms with E-state index in [4.69, 9.17) is 5.73 Å². The second kappa shape index (κ2) is 4.94. The fourth-order valence-electron chi connectivity index (χ4n) is 2.51. The van der Waals surface area contributed by atoms with E-state index in [9.17, 15) is 0 Å². The molecule has 0 aromatic carbocycles. The van der Waals surface area contributed by atoms with Gasteiger partial charge in [0.05, 0.1) is 0 Å². The van der Waals surface area contributed by atoms with Crippen molar-refractivity contribution in [1.29, 1.82) is 0 Å². The molecule has 0 aliphatic heterocycles. The Kier molecular flexibility index (Phi) is 3.55. The molecule has 3 unspecified atom stereocenters. The molecule has 2 rings (SSSR count). The molecular weight excluding hydrogens is 210 g/mol. The molecule has 3 heteroatoms. The number of rotatable bonds is 2. The maximum absolute atomic E-state index is 5.90. The van der Waals surface area contributed by atoms with Crippen LogP contribution in [0.4, 0.5) is 11.5 Å². The summed E-state index contributed by atoms with van der Waals surface area (Å²) in [6.45, 7) is 6.68. The molecule has 1 aliphatic carbocycles. The summed E-state index contributed by atoms with van der Waals surface area (Å²) >= 11 is 0. The van der Waals surface area contributed by atoms with E-state index in [0.717, 1.165) is 28.9 Å². The van der Waals surface area contributed by atoms with Gasteiger partial charge in [0.15, 0.2) is 0 Å². The third-order valence-electron chi connectivity index (χ3n) is 4.10. The lowest BCUT2D eigenvalue weighted by atomic mass is 9.79. The van der Waals surface area contributed by atoms with Crippen molar-refractivity contribution in [2.75, 3.05) is 11.1 Å². The summed E-state index contributed by atoms with van der Waals surface area (Å²) in [5, 5.41) is 3.51. The Morgan fingerprint density at radius 2 is 2.06 bits per heavy atom. The van der Waals surface area contributed by atoms with Crippen molar-refractivity contribution < 1.29 is 0 Å². The summed E-state index contributed by atoms with van der Waals surface area (Å²) in [6.07, 6.45) is 5.62. The summed E-state index contributed by atoms with van der Waals surface area (Å²) in [7, 11) is 0. The molecule has 1 fully saturated rings. The van der Waals surface area contributed by atoms with Crippen molar-refractivity contribution in [3.63, 3.8) is 0 Å². The molecule has 0 spiro atoms. The van der Waals surface area contributed by atoms with Crippen molar-refractivity contribution in [1.82, 2.24) is 4.98 Å². The van der Waals surface area contributed by atoms with Crippen molar-refractivity contribution in [2.24, 2.45) is 11.8 Å². The molecule has 0 radical (unpaired) electrons. The van der Waals surface area contributed by atoms with Crippen LogP contribution in [0.1, 0.15) is 38.7 Å². The summed E-state index contributed by atoms with van der Waals surface area (Å²) in [6, 6.07) is 2.49. The maximum atomic E-state index is 5.90. The van der Waals surface area contributed by atoms with E-state index in [1.54, 1.807) is 0 Å². The second-order valence-corrected chi connectivity index (χ2v) is 5.54. The Bertz CT molecular complexity index is 389. The highest BCUT2D eigenvalue weighted by molar-refractivity contribution is 5.53. The number of aryl methyl sites for hydroxylation is 1. The predicted octanol–water partition coefficient (Wildman–Crippen LogP) is 3.21. The quantitative estimate of drug-likeness (QED) is 0.824. The normalized spacial score (nSPS) is 29.0. The van der Waals surface area contributed by atoms with E-state index >= 15 is 0 Å². The first-order chi connectivity index (χ1) is 8.06. The van der Waals surface area contributed by atoms with Crippen LogP contribution in [-0.4, -0.2) is 11.0 Å². The first-order valence-electron chi connectivity index (χ1n) is 6.55. The molecule has 1 aromatic rings. The molecule has 1 saturated carbocycles. The largest absolute Gasteiger partial charge is 0.398 e. The van der Waals surface area contributed by atoms with Crippen LogP contribution in [0.15, 0.2) is 12.3 Å². The average molecular weight is 233 g/mol. The highest BCUT2D eigenvalue weighted by Crippen LogP contribution is 2.31. The Labute approximate surface area is 104 Å². The number of anilines is 2. The maximum Gasteiger partial charge on any atom is 0.128 e. The topological polar surface area (TPSA) is 50.9 Å². The Balaban J connectivity index is 1.99. The van der Waals surface area contributed by atoms with Crippen molar-refractivity contribution in [3.8, 4) is 0 Å². The fourth-order valence-corrected chi connectivity index (χ4v) is 2.51. The van der Waals surface area contributed by atoms with Crippen LogP contribution in [0.25, 0.3) is 0 Å². The highest BCUT2D eigenvalue weighted by Gasteiger charge is 2.24.